The number of rotatable bonds is 5. The minimum Gasteiger partial charge on any atom is -0.478 e. The fourth-order valence-electron chi connectivity index (χ4n) is 1.88. The highest BCUT2D eigenvalue weighted by Crippen LogP contribution is 2.10. The molecule has 1 saturated heterocycles. The first-order chi connectivity index (χ1) is 9.02. The molecule has 1 aliphatic rings. The molecule has 0 aliphatic carbocycles. The molecular weight excluding hydrogens is 252 g/mol. The highest BCUT2D eigenvalue weighted by Gasteiger charge is 2.23. The molecule has 1 fully saturated rings. The van der Waals surface area contributed by atoms with E-state index in [-0.39, 0.29) is 18.6 Å². The maximum atomic E-state index is 11.5. The summed E-state index contributed by atoms with van der Waals surface area (Å²) in [5.41, 5.74) is 0. The van der Waals surface area contributed by atoms with Gasteiger partial charge in [0.05, 0.1) is 0 Å². The molecule has 1 aliphatic heterocycles. The van der Waals surface area contributed by atoms with E-state index in [0.717, 1.165) is 12.2 Å². The van der Waals surface area contributed by atoms with Gasteiger partial charge in [0, 0.05) is 38.4 Å². The summed E-state index contributed by atoms with van der Waals surface area (Å²) in [6, 6.07) is -0.0301. The zero-order valence-electron chi connectivity index (χ0n) is 10.8. The Morgan fingerprint density at radius 1 is 1.32 bits per heavy atom. The molecule has 0 unspecified atom stereocenters. The van der Waals surface area contributed by atoms with Crippen molar-refractivity contribution in [1.82, 2.24) is 10.2 Å². The minimum atomic E-state index is -1.16. The molecule has 0 aromatic rings. The lowest BCUT2D eigenvalue weighted by molar-refractivity contribution is -0.136. The number of aliphatic carboxylic acids is 1. The SMILES string of the molecule is COCC(=O)N1CCC(NC(=O)/C=C/C(=O)O)CC1. The van der Waals surface area contributed by atoms with Crippen LogP contribution in [0.3, 0.4) is 0 Å². The van der Waals surface area contributed by atoms with Crippen LogP contribution in [0.1, 0.15) is 12.8 Å². The summed E-state index contributed by atoms with van der Waals surface area (Å²) < 4.78 is 4.78. The van der Waals surface area contributed by atoms with Gasteiger partial charge in [-0.3, -0.25) is 9.59 Å². The Kier molecular flexibility index (Phi) is 6.01. The number of carbonyl (C=O) groups is 3. The van der Waals surface area contributed by atoms with Crippen molar-refractivity contribution in [1.29, 1.82) is 0 Å². The summed E-state index contributed by atoms with van der Waals surface area (Å²) in [7, 11) is 1.47. The van der Waals surface area contributed by atoms with Gasteiger partial charge < -0.3 is 20.1 Å². The number of nitrogens with one attached hydrogen (secondary N) is 1. The molecule has 0 saturated carbocycles. The fraction of sp³-hybridized carbons (Fsp3) is 0.583. The number of likely N-dealkylation sites (tertiary alicyclic amines) is 1. The Bertz CT molecular complexity index is 372. The maximum Gasteiger partial charge on any atom is 0.328 e. The number of carbonyl (C=O) groups excluding carboxylic acids is 2. The van der Waals surface area contributed by atoms with Gasteiger partial charge in [-0.25, -0.2) is 4.79 Å². The maximum absolute atomic E-state index is 11.5. The average Bonchev–Trinajstić information content (AvgIpc) is 2.37. The Morgan fingerprint density at radius 3 is 2.47 bits per heavy atom. The van der Waals surface area contributed by atoms with Gasteiger partial charge in [-0.1, -0.05) is 0 Å². The molecule has 2 N–H and O–H groups in total. The van der Waals surface area contributed by atoms with Gasteiger partial charge >= 0.3 is 5.97 Å². The second kappa shape index (κ2) is 7.52. The van der Waals surface area contributed by atoms with Crippen molar-refractivity contribution >= 4 is 17.8 Å². The monoisotopic (exact) mass is 270 g/mol. The third-order valence-electron chi connectivity index (χ3n) is 2.84. The van der Waals surface area contributed by atoms with Crippen molar-refractivity contribution in [3.05, 3.63) is 12.2 Å². The number of amides is 2. The Morgan fingerprint density at radius 2 is 1.95 bits per heavy atom. The number of piperidine rings is 1. The van der Waals surface area contributed by atoms with Crippen molar-refractivity contribution in [2.24, 2.45) is 0 Å². The molecule has 0 bridgehead atoms. The predicted octanol–water partition coefficient (Wildman–Crippen LogP) is -0.619. The molecule has 0 radical (unpaired) electrons. The van der Waals surface area contributed by atoms with E-state index in [1.165, 1.54) is 7.11 Å². The number of methoxy groups -OCH3 is 1. The zero-order chi connectivity index (χ0) is 14.3. The summed E-state index contributed by atoms with van der Waals surface area (Å²) in [6.07, 6.45) is 3.10. The fourth-order valence-corrected chi connectivity index (χ4v) is 1.88. The second-order valence-corrected chi connectivity index (χ2v) is 4.27. The van der Waals surface area contributed by atoms with Crippen LogP contribution in [-0.2, 0) is 19.1 Å². The van der Waals surface area contributed by atoms with Crippen LogP contribution in [0, 0.1) is 0 Å². The van der Waals surface area contributed by atoms with E-state index < -0.39 is 11.9 Å². The van der Waals surface area contributed by atoms with Crippen molar-refractivity contribution in [2.45, 2.75) is 18.9 Å². The van der Waals surface area contributed by atoms with Crippen molar-refractivity contribution in [2.75, 3.05) is 26.8 Å². The van der Waals surface area contributed by atoms with E-state index in [4.69, 9.17) is 9.84 Å². The second-order valence-electron chi connectivity index (χ2n) is 4.27. The largest absolute Gasteiger partial charge is 0.478 e. The summed E-state index contributed by atoms with van der Waals surface area (Å²) in [5, 5.41) is 11.1. The highest BCUT2D eigenvalue weighted by atomic mass is 16.5. The molecule has 106 valence electrons. The van der Waals surface area contributed by atoms with Crippen LogP contribution in [-0.4, -0.2) is 60.6 Å². The Labute approximate surface area is 111 Å². The number of ether oxygens (including phenoxy) is 1. The molecule has 1 rings (SSSR count). The van der Waals surface area contributed by atoms with Gasteiger partial charge in [0.2, 0.25) is 11.8 Å². The van der Waals surface area contributed by atoms with Gasteiger partial charge in [-0.05, 0) is 12.8 Å². The van der Waals surface area contributed by atoms with Crippen LogP contribution in [0.15, 0.2) is 12.2 Å². The van der Waals surface area contributed by atoms with Crippen LogP contribution in [0.4, 0.5) is 0 Å². The van der Waals surface area contributed by atoms with E-state index in [2.05, 4.69) is 5.32 Å². The van der Waals surface area contributed by atoms with Crippen LogP contribution < -0.4 is 5.32 Å². The lowest BCUT2D eigenvalue weighted by Gasteiger charge is -2.32. The van der Waals surface area contributed by atoms with Crippen LogP contribution in [0.5, 0.6) is 0 Å². The van der Waals surface area contributed by atoms with Gasteiger partial charge in [0.1, 0.15) is 6.61 Å². The molecule has 0 aromatic carbocycles. The standard InChI is InChI=1S/C12H18N2O5/c1-19-8-11(16)14-6-4-9(5-7-14)13-10(15)2-3-12(17)18/h2-3,9H,4-8H2,1H3,(H,13,15)(H,17,18)/b3-2+. The molecule has 7 nitrogen and oxygen atoms in total. The van der Waals surface area contributed by atoms with Crippen molar-refractivity contribution < 1.29 is 24.2 Å². The normalized spacial score (nSPS) is 16.6. The van der Waals surface area contributed by atoms with E-state index in [1.54, 1.807) is 4.90 Å². The van der Waals surface area contributed by atoms with E-state index >= 15 is 0 Å². The number of nitrogens with zero attached hydrogens (tertiary/aromatic N) is 1. The summed E-state index contributed by atoms with van der Waals surface area (Å²) in [4.78, 5) is 34.9. The van der Waals surface area contributed by atoms with Gasteiger partial charge in [-0.2, -0.15) is 0 Å². The first kappa shape index (κ1) is 15.2. The highest BCUT2D eigenvalue weighted by molar-refractivity contribution is 5.94. The lowest BCUT2D eigenvalue weighted by atomic mass is 10.0. The van der Waals surface area contributed by atoms with Crippen molar-refractivity contribution in [3.8, 4) is 0 Å². The van der Waals surface area contributed by atoms with Crippen molar-refractivity contribution in [3.63, 3.8) is 0 Å². The topological polar surface area (TPSA) is 95.9 Å². The number of hydrogen-bond donors (Lipinski definition) is 2. The predicted molar refractivity (Wildman–Crippen MR) is 66.4 cm³/mol. The smallest absolute Gasteiger partial charge is 0.328 e. The molecular formula is C12H18N2O5. The van der Waals surface area contributed by atoms with Gasteiger partial charge in [0.15, 0.2) is 0 Å². The number of hydrogen-bond acceptors (Lipinski definition) is 4. The van der Waals surface area contributed by atoms with Crippen LogP contribution in [0.2, 0.25) is 0 Å². The first-order valence-corrected chi connectivity index (χ1v) is 6.01. The summed E-state index contributed by atoms with van der Waals surface area (Å²) in [6.45, 7) is 1.20. The quantitative estimate of drug-likeness (QED) is 0.649. The lowest BCUT2D eigenvalue weighted by Crippen LogP contribution is -2.47. The molecule has 7 heteroatoms. The average molecular weight is 270 g/mol. The summed E-state index contributed by atoms with van der Waals surface area (Å²) >= 11 is 0. The van der Waals surface area contributed by atoms with E-state index in [9.17, 15) is 14.4 Å². The third kappa shape index (κ3) is 5.52. The molecule has 0 spiro atoms. The Hall–Kier alpha value is -1.89. The van der Waals surface area contributed by atoms with Gasteiger partial charge in [0.25, 0.3) is 0 Å². The van der Waals surface area contributed by atoms with E-state index in [0.29, 0.717) is 25.9 Å². The van der Waals surface area contributed by atoms with Crippen LogP contribution in [0.25, 0.3) is 0 Å². The molecule has 1 heterocycles. The molecule has 0 aromatic heterocycles. The van der Waals surface area contributed by atoms with Gasteiger partial charge in [-0.15, -0.1) is 0 Å². The molecule has 2 amide bonds. The zero-order valence-corrected chi connectivity index (χ0v) is 10.8. The minimum absolute atomic E-state index is 0.0301. The molecule has 0 atom stereocenters. The Balaban J connectivity index is 2.32. The summed E-state index contributed by atoms with van der Waals surface area (Å²) in [5.74, 6) is -1.64. The van der Waals surface area contributed by atoms with E-state index in [1.807, 2.05) is 0 Å². The third-order valence-corrected chi connectivity index (χ3v) is 2.84. The molecule has 19 heavy (non-hydrogen) atoms. The number of carboxylic acid groups (broad SMARTS) is 1. The van der Waals surface area contributed by atoms with Crippen LogP contribution >= 0.6 is 0 Å². The number of carboxylic acids is 1. The first-order valence-electron chi connectivity index (χ1n) is 6.01.